The zero-order valence-electron chi connectivity index (χ0n) is 13.2. The van der Waals surface area contributed by atoms with Gasteiger partial charge >= 0.3 is 0 Å². The van der Waals surface area contributed by atoms with Gasteiger partial charge in [0.25, 0.3) is 0 Å². The molecular weight excluding hydrogens is 340 g/mol. The van der Waals surface area contributed by atoms with Gasteiger partial charge in [-0.25, -0.2) is 17.6 Å². The van der Waals surface area contributed by atoms with Crippen LogP contribution in [0.5, 0.6) is 0 Å². The summed E-state index contributed by atoms with van der Waals surface area (Å²) in [4.78, 5) is 24.5. The summed E-state index contributed by atoms with van der Waals surface area (Å²) < 4.78 is 53.7. The first kappa shape index (κ1) is 18.4. The number of anilines is 2. The molecule has 2 aromatic rings. The second kappa shape index (κ2) is 7.78. The van der Waals surface area contributed by atoms with E-state index in [1.165, 1.54) is 0 Å². The number of para-hydroxylation sites is 1. The normalized spacial score (nSPS) is 10.4. The Bertz CT molecular complexity index is 791. The van der Waals surface area contributed by atoms with Crippen molar-refractivity contribution >= 4 is 23.2 Å². The molecule has 4 nitrogen and oxygen atoms in total. The van der Waals surface area contributed by atoms with Gasteiger partial charge in [-0.3, -0.25) is 9.59 Å². The van der Waals surface area contributed by atoms with Gasteiger partial charge in [-0.1, -0.05) is 6.07 Å². The summed E-state index contributed by atoms with van der Waals surface area (Å²) >= 11 is 0. The minimum atomic E-state index is -0.962. The highest BCUT2D eigenvalue weighted by atomic mass is 19.1. The quantitative estimate of drug-likeness (QED) is 0.834. The Balaban J connectivity index is 2.08. The lowest BCUT2D eigenvalue weighted by Gasteiger charge is -2.21. The SMILES string of the molecule is CC(=O)N(CCC(=O)Nc1c(F)cccc1F)c1ccc(F)cc1F. The van der Waals surface area contributed by atoms with Crippen molar-refractivity contribution < 1.29 is 27.2 Å². The van der Waals surface area contributed by atoms with Crippen LogP contribution in [0.3, 0.4) is 0 Å². The Kier molecular flexibility index (Phi) is 5.74. The average molecular weight is 354 g/mol. The number of nitrogens with zero attached hydrogens (tertiary/aromatic N) is 1. The lowest BCUT2D eigenvalue weighted by atomic mass is 10.2. The van der Waals surface area contributed by atoms with E-state index in [0.29, 0.717) is 6.07 Å². The predicted octanol–water partition coefficient (Wildman–Crippen LogP) is 3.62. The van der Waals surface area contributed by atoms with Crippen LogP contribution >= 0.6 is 0 Å². The van der Waals surface area contributed by atoms with Crippen LogP contribution in [0.25, 0.3) is 0 Å². The molecule has 0 aliphatic rings. The second-order valence-electron chi connectivity index (χ2n) is 5.16. The molecule has 0 saturated heterocycles. The van der Waals surface area contributed by atoms with Crippen LogP contribution in [0.2, 0.25) is 0 Å². The number of hydrogen-bond donors (Lipinski definition) is 1. The van der Waals surface area contributed by atoms with Gasteiger partial charge in [-0.15, -0.1) is 0 Å². The summed E-state index contributed by atoms with van der Waals surface area (Å²) in [7, 11) is 0. The molecule has 0 aliphatic heterocycles. The highest BCUT2D eigenvalue weighted by molar-refractivity contribution is 5.95. The van der Waals surface area contributed by atoms with Gasteiger partial charge in [-0.05, 0) is 24.3 Å². The monoisotopic (exact) mass is 354 g/mol. The van der Waals surface area contributed by atoms with Crippen molar-refractivity contribution in [1.29, 1.82) is 0 Å². The van der Waals surface area contributed by atoms with Gasteiger partial charge in [0.05, 0.1) is 5.69 Å². The second-order valence-corrected chi connectivity index (χ2v) is 5.16. The van der Waals surface area contributed by atoms with Crippen LogP contribution in [0, 0.1) is 23.3 Å². The molecule has 2 amide bonds. The number of rotatable bonds is 5. The Morgan fingerprint density at radius 2 is 1.64 bits per heavy atom. The molecule has 0 atom stereocenters. The smallest absolute Gasteiger partial charge is 0.226 e. The van der Waals surface area contributed by atoms with Gasteiger partial charge < -0.3 is 10.2 Å². The molecule has 1 N–H and O–H groups in total. The van der Waals surface area contributed by atoms with Crippen LogP contribution in [0.4, 0.5) is 28.9 Å². The number of benzene rings is 2. The minimum Gasteiger partial charge on any atom is -0.321 e. The van der Waals surface area contributed by atoms with Crippen LogP contribution < -0.4 is 10.2 Å². The summed E-state index contributed by atoms with van der Waals surface area (Å²) in [6.45, 7) is 0.900. The van der Waals surface area contributed by atoms with Gasteiger partial charge in [-0.2, -0.15) is 0 Å². The zero-order valence-corrected chi connectivity index (χ0v) is 13.2. The molecule has 0 fully saturated rings. The highest BCUT2D eigenvalue weighted by Crippen LogP contribution is 2.21. The van der Waals surface area contributed by atoms with Crippen LogP contribution in [-0.2, 0) is 9.59 Å². The third-order valence-corrected chi connectivity index (χ3v) is 3.37. The molecule has 132 valence electrons. The van der Waals surface area contributed by atoms with E-state index >= 15 is 0 Å². The van der Waals surface area contributed by atoms with Crippen LogP contribution in [0.1, 0.15) is 13.3 Å². The van der Waals surface area contributed by atoms with E-state index in [-0.39, 0.29) is 18.7 Å². The van der Waals surface area contributed by atoms with E-state index in [9.17, 15) is 27.2 Å². The van der Waals surface area contributed by atoms with E-state index in [1.54, 1.807) is 0 Å². The van der Waals surface area contributed by atoms with Crippen molar-refractivity contribution in [2.75, 3.05) is 16.8 Å². The average Bonchev–Trinajstić information content (AvgIpc) is 2.52. The maximum Gasteiger partial charge on any atom is 0.226 e. The molecule has 2 aromatic carbocycles. The lowest BCUT2D eigenvalue weighted by Crippen LogP contribution is -2.32. The highest BCUT2D eigenvalue weighted by Gasteiger charge is 2.18. The minimum absolute atomic E-state index is 0.196. The number of carbonyl (C=O) groups excluding carboxylic acids is 2. The van der Waals surface area contributed by atoms with Gasteiger partial charge in [0, 0.05) is 26.0 Å². The van der Waals surface area contributed by atoms with E-state index in [0.717, 1.165) is 42.2 Å². The topological polar surface area (TPSA) is 49.4 Å². The van der Waals surface area contributed by atoms with Crippen molar-refractivity contribution in [2.45, 2.75) is 13.3 Å². The molecule has 0 spiro atoms. The summed E-state index contributed by atoms with van der Waals surface area (Å²) in [6.07, 6.45) is -0.343. The Morgan fingerprint density at radius 1 is 1.00 bits per heavy atom. The van der Waals surface area contributed by atoms with Gasteiger partial charge in [0.1, 0.15) is 29.0 Å². The third kappa shape index (κ3) is 4.56. The van der Waals surface area contributed by atoms with Crippen molar-refractivity contribution in [1.82, 2.24) is 0 Å². The third-order valence-electron chi connectivity index (χ3n) is 3.37. The zero-order chi connectivity index (χ0) is 18.6. The Hall–Kier alpha value is -2.90. The van der Waals surface area contributed by atoms with Gasteiger partial charge in [0.2, 0.25) is 11.8 Å². The van der Waals surface area contributed by atoms with E-state index in [2.05, 4.69) is 5.32 Å². The Morgan fingerprint density at radius 3 is 2.20 bits per heavy atom. The van der Waals surface area contributed by atoms with Crippen molar-refractivity contribution in [3.05, 3.63) is 59.7 Å². The summed E-state index contributed by atoms with van der Waals surface area (Å²) in [6, 6.07) is 5.77. The molecule has 8 heteroatoms. The fourth-order valence-corrected chi connectivity index (χ4v) is 2.18. The first-order chi connectivity index (χ1) is 11.8. The molecule has 0 aromatic heterocycles. The molecule has 0 aliphatic carbocycles. The molecule has 0 bridgehead atoms. The summed E-state index contributed by atoms with van der Waals surface area (Å²) in [5.74, 6) is -5.00. The van der Waals surface area contributed by atoms with E-state index < -0.39 is 40.8 Å². The fraction of sp³-hybridized carbons (Fsp3) is 0.176. The van der Waals surface area contributed by atoms with Crippen molar-refractivity contribution in [3.63, 3.8) is 0 Å². The standard InChI is InChI=1S/C17H14F4N2O2/c1-10(24)23(15-6-5-11(18)9-14(15)21)8-7-16(25)22-17-12(19)3-2-4-13(17)20/h2-6,9H,7-8H2,1H3,(H,22,25). The van der Waals surface area contributed by atoms with E-state index in [4.69, 9.17) is 0 Å². The van der Waals surface area contributed by atoms with Crippen LogP contribution in [-0.4, -0.2) is 18.4 Å². The molecule has 0 unspecified atom stereocenters. The molecule has 2 rings (SSSR count). The number of amides is 2. The predicted molar refractivity (Wildman–Crippen MR) is 84.0 cm³/mol. The number of halogens is 4. The number of hydrogen-bond acceptors (Lipinski definition) is 2. The number of nitrogens with one attached hydrogen (secondary N) is 1. The van der Waals surface area contributed by atoms with Crippen molar-refractivity contribution in [3.8, 4) is 0 Å². The van der Waals surface area contributed by atoms with Crippen molar-refractivity contribution in [2.24, 2.45) is 0 Å². The molecule has 0 radical (unpaired) electrons. The largest absolute Gasteiger partial charge is 0.321 e. The van der Waals surface area contributed by atoms with E-state index in [1.807, 2.05) is 0 Å². The Labute approximate surface area is 141 Å². The molecule has 0 heterocycles. The first-order valence-corrected chi connectivity index (χ1v) is 7.26. The van der Waals surface area contributed by atoms with Gasteiger partial charge in [0.15, 0.2) is 0 Å². The molecule has 0 saturated carbocycles. The maximum atomic E-state index is 13.8. The summed E-state index contributed by atoms with van der Waals surface area (Å²) in [5, 5.41) is 2.07. The first-order valence-electron chi connectivity index (χ1n) is 7.26. The molecular formula is C17H14F4N2O2. The summed E-state index contributed by atoms with van der Waals surface area (Å²) in [5.41, 5.74) is -0.798. The van der Waals surface area contributed by atoms with Crippen LogP contribution in [0.15, 0.2) is 36.4 Å². The molecule has 25 heavy (non-hydrogen) atoms. The maximum absolute atomic E-state index is 13.8. The number of carbonyl (C=O) groups is 2. The lowest BCUT2D eigenvalue weighted by molar-refractivity contribution is -0.117. The fourth-order valence-electron chi connectivity index (χ4n) is 2.18.